The standard InChI is InChI=1S/C20H25N3O3S/c1-21-7-4-14-5-8-23(9-6-14)20(24)16-13-27-19(22-16)15-2-3-17-18(12-15)26-11-10-25-17/h2-3,12-14,21H,4-11H2,1H3. The van der Waals surface area contributed by atoms with Crippen LogP contribution in [0.5, 0.6) is 11.5 Å². The maximum absolute atomic E-state index is 12.8. The number of hydrogen-bond acceptors (Lipinski definition) is 6. The lowest BCUT2D eigenvalue weighted by Gasteiger charge is -2.31. The van der Waals surface area contributed by atoms with Crippen LogP contribution in [0, 0.1) is 5.92 Å². The van der Waals surface area contributed by atoms with Crippen LogP contribution in [0.2, 0.25) is 0 Å². The number of carbonyl (C=O) groups is 1. The highest BCUT2D eigenvalue weighted by Crippen LogP contribution is 2.35. The Kier molecular flexibility index (Phi) is 5.59. The molecule has 144 valence electrons. The summed E-state index contributed by atoms with van der Waals surface area (Å²) in [6.45, 7) is 3.83. The number of benzene rings is 1. The van der Waals surface area contributed by atoms with E-state index in [-0.39, 0.29) is 5.91 Å². The molecule has 0 radical (unpaired) electrons. The van der Waals surface area contributed by atoms with Crippen molar-refractivity contribution < 1.29 is 14.3 Å². The maximum Gasteiger partial charge on any atom is 0.273 e. The summed E-state index contributed by atoms with van der Waals surface area (Å²) < 4.78 is 11.2. The van der Waals surface area contributed by atoms with Gasteiger partial charge in [-0.2, -0.15) is 0 Å². The highest BCUT2D eigenvalue weighted by atomic mass is 32.1. The van der Waals surface area contributed by atoms with Crippen LogP contribution < -0.4 is 14.8 Å². The van der Waals surface area contributed by atoms with Crippen LogP contribution in [0.25, 0.3) is 10.6 Å². The van der Waals surface area contributed by atoms with Gasteiger partial charge in [-0.15, -0.1) is 11.3 Å². The molecule has 1 fully saturated rings. The molecular formula is C20H25N3O3S. The second-order valence-corrected chi connectivity index (χ2v) is 7.88. The molecule has 0 unspecified atom stereocenters. The van der Waals surface area contributed by atoms with Gasteiger partial charge in [-0.05, 0) is 57.0 Å². The fourth-order valence-corrected chi connectivity index (χ4v) is 4.41. The molecule has 1 N–H and O–H groups in total. The fourth-order valence-electron chi connectivity index (χ4n) is 3.62. The van der Waals surface area contributed by atoms with E-state index < -0.39 is 0 Å². The van der Waals surface area contributed by atoms with Crippen LogP contribution >= 0.6 is 11.3 Å². The van der Waals surface area contributed by atoms with E-state index in [0.29, 0.717) is 24.8 Å². The minimum Gasteiger partial charge on any atom is -0.486 e. The van der Waals surface area contributed by atoms with Gasteiger partial charge in [0.1, 0.15) is 23.9 Å². The molecule has 1 aromatic carbocycles. The summed E-state index contributed by atoms with van der Waals surface area (Å²) in [4.78, 5) is 19.3. The number of fused-ring (bicyclic) bond motifs is 1. The van der Waals surface area contributed by atoms with Crippen LogP contribution in [0.1, 0.15) is 29.8 Å². The quantitative estimate of drug-likeness (QED) is 0.854. The molecule has 7 heteroatoms. The predicted molar refractivity (Wildman–Crippen MR) is 106 cm³/mol. The Morgan fingerprint density at radius 3 is 2.81 bits per heavy atom. The van der Waals surface area contributed by atoms with Crippen molar-refractivity contribution in [2.45, 2.75) is 19.3 Å². The number of likely N-dealkylation sites (tertiary alicyclic amines) is 1. The first-order valence-corrected chi connectivity index (χ1v) is 10.4. The molecule has 1 saturated heterocycles. The van der Waals surface area contributed by atoms with E-state index in [1.165, 1.54) is 17.8 Å². The van der Waals surface area contributed by atoms with Crippen molar-refractivity contribution in [3.8, 4) is 22.1 Å². The van der Waals surface area contributed by atoms with Gasteiger partial charge in [-0.3, -0.25) is 4.79 Å². The third-order valence-electron chi connectivity index (χ3n) is 5.22. The van der Waals surface area contributed by atoms with E-state index in [1.807, 2.05) is 35.5 Å². The van der Waals surface area contributed by atoms with Gasteiger partial charge in [0.2, 0.25) is 0 Å². The minimum absolute atomic E-state index is 0.0436. The van der Waals surface area contributed by atoms with Gasteiger partial charge < -0.3 is 19.7 Å². The first-order chi connectivity index (χ1) is 13.2. The van der Waals surface area contributed by atoms with Gasteiger partial charge in [0.15, 0.2) is 11.5 Å². The Morgan fingerprint density at radius 1 is 1.26 bits per heavy atom. The van der Waals surface area contributed by atoms with Crippen molar-refractivity contribution in [2.24, 2.45) is 5.92 Å². The average Bonchev–Trinajstić information content (AvgIpc) is 3.22. The average molecular weight is 388 g/mol. The monoisotopic (exact) mass is 387 g/mol. The number of carbonyl (C=O) groups excluding carboxylic acids is 1. The second-order valence-electron chi connectivity index (χ2n) is 7.02. The van der Waals surface area contributed by atoms with E-state index in [4.69, 9.17) is 9.47 Å². The molecule has 1 aromatic heterocycles. The third-order valence-corrected chi connectivity index (χ3v) is 6.11. The number of amides is 1. The van der Waals surface area contributed by atoms with Gasteiger partial charge in [-0.25, -0.2) is 4.98 Å². The van der Waals surface area contributed by atoms with Crippen LogP contribution in [-0.2, 0) is 0 Å². The molecule has 0 saturated carbocycles. The zero-order valence-electron chi connectivity index (χ0n) is 15.6. The molecule has 4 rings (SSSR count). The lowest BCUT2D eigenvalue weighted by atomic mass is 9.93. The van der Waals surface area contributed by atoms with Crippen molar-refractivity contribution in [1.29, 1.82) is 0 Å². The molecular weight excluding hydrogens is 362 g/mol. The Morgan fingerprint density at radius 2 is 2.04 bits per heavy atom. The zero-order chi connectivity index (χ0) is 18.6. The maximum atomic E-state index is 12.8. The Hall–Kier alpha value is -2.12. The summed E-state index contributed by atoms with van der Waals surface area (Å²) >= 11 is 1.49. The largest absolute Gasteiger partial charge is 0.486 e. The number of nitrogens with one attached hydrogen (secondary N) is 1. The van der Waals surface area contributed by atoms with Crippen LogP contribution in [-0.4, -0.2) is 55.7 Å². The molecule has 2 aliphatic heterocycles. The fraction of sp³-hybridized carbons (Fsp3) is 0.500. The summed E-state index contributed by atoms with van der Waals surface area (Å²) in [7, 11) is 1.99. The van der Waals surface area contributed by atoms with Crippen LogP contribution in [0.15, 0.2) is 23.6 Å². The van der Waals surface area contributed by atoms with Crippen LogP contribution in [0.4, 0.5) is 0 Å². The number of rotatable bonds is 5. The highest BCUT2D eigenvalue weighted by Gasteiger charge is 2.25. The zero-order valence-corrected chi connectivity index (χ0v) is 16.4. The van der Waals surface area contributed by atoms with Crippen molar-refractivity contribution in [3.05, 3.63) is 29.3 Å². The van der Waals surface area contributed by atoms with Gasteiger partial charge in [0, 0.05) is 24.0 Å². The first-order valence-electron chi connectivity index (χ1n) is 9.54. The van der Waals surface area contributed by atoms with Crippen molar-refractivity contribution >= 4 is 17.2 Å². The first kappa shape index (κ1) is 18.3. The molecule has 6 nitrogen and oxygen atoms in total. The summed E-state index contributed by atoms with van der Waals surface area (Å²) in [5, 5.41) is 5.90. The Labute approximate surface area is 163 Å². The number of piperidine rings is 1. The molecule has 2 aliphatic rings. The topological polar surface area (TPSA) is 63.7 Å². The minimum atomic E-state index is 0.0436. The normalized spacial score (nSPS) is 17.1. The lowest BCUT2D eigenvalue weighted by molar-refractivity contribution is 0.0682. The molecule has 0 aliphatic carbocycles. The summed E-state index contributed by atoms with van der Waals surface area (Å²) in [6, 6.07) is 5.81. The highest BCUT2D eigenvalue weighted by molar-refractivity contribution is 7.13. The number of aromatic nitrogens is 1. The van der Waals surface area contributed by atoms with Crippen molar-refractivity contribution in [1.82, 2.24) is 15.2 Å². The summed E-state index contributed by atoms with van der Waals surface area (Å²) in [5.41, 5.74) is 1.49. The summed E-state index contributed by atoms with van der Waals surface area (Å²) in [6.07, 6.45) is 3.34. The molecule has 0 bridgehead atoms. The molecule has 2 aromatic rings. The second kappa shape index (κ2) is 8.27. The predicted octanol–water partition coefficient (Wildman–Crippen LogP) is 3.04. The Bertz CT molecular complexity index is 800. The SMILES string of the molecule is CNCCC1CCN(C(=O)c2csc(-c3ccc4c(c3)OCCO4)n2)CC1. The number of ether oxygens (including phenoxy) is 2. The molecule has 3 heterocycles. The number of thiazole rings is 1. The molecule has 27 heavy (non-hydrogen) atoms. The van der Waals surface area contributed by atoms with Gasteiger partial charge in [0.05, 0.1) is 0 Å². The van der Waals surface area contributed by atoms with E-state index in [0.717, 1.165) is 54.5 Å². The lowest BCUT2D eigenvalue weighted by Crippen LogP contribution is -2.39. The van der Waals surface area contributed by atoms with E-state index in [9.17, 15) is 4.79 Å². The van der Waals surface area contributed by atoms with Crippen molar-refractivity contribution in [3.63, 3.8) is 0 Å². The number of nitrogens with zero attached hydrogens (tertiary/aromatic N) is 2. The molecule has 1 amide bonds. The van der Waals surface area contributed by atoms with E-state index >= 15 is 0 Å². The molecule has 0 atom stereocenters. The smallest absolute Gasteiger partial charge is 0.273 e. The Balaban J connectivity index is 1.41. The van der Waals surface area contributed by atoms with Crippen molar-refractivity contribution in [2.75, 3.05) is 39.9 Å². The number of hydrogen-bond donors (Lipinski definition) is 1. The van der Waals surface area contributed by atoms with Gasteiger partial charge >= 0.3 is 0 Å². The van der Waals surface area contributed by atoms with E-state index in [1.54, 1.807) is 0 Å². The molecule has 0 spiro atoms. The van der Waals surface area contributed by atoms with Gasteiger partial charge in [-0.1, -0.05) is 0 Å². The third kappa shape index (κ3) is 4.09. The van der Waals surface area contributed by atoms with Gasteiger partial charge in [0.25, 0.3) is 5.91 Å². The van der Waals surface area contributed by atoms with E-state index in [2.05, 4.69) is 10.3 Å². The summed E-state index contributed by atoms with van der Waals surface area (Å²) in [5.74, 6) is 2.26. The van der Waals surface area contributed by atoms with Crippen LogP contribution in [0.3, 0.4) is 0 Å².